The van der Waals surface area contributed by atoms with Crippen molar-refractivity contribution in [2.75, 3.05) is 6.61 Å². The van der Waals surface area contributed by atoms with Gasteiger partial charge in [0.25, 0.3) is 5.91 Å². The predicted molar refractivity (Wildman–Crippen MR) is 135 cm³/mol. The molecule has 0 spiro atoms. The van der Waals surface area contributed by atoms with Crippen LogP contribution in [0.2, 0.25) is 10.2 Å². The molecule has 174 valence electrons. The van der Waals surface area contributed by atoms with Crippen molar-refractivity contribution in [3.05, 3.63) is 89.6 Å². The Morgan fingerprint density at radius 2 is 2.03 bits per heavy atom. The van der Waals surface area contributed by atoms with Gasteiger partial charge in [-0.1, -0.05) is 35.3 Å². The first kappa shape index (κ1) is 23.1. The zero-order valence-electron chi connectivity index (χ0n) is 17.8. The van der Waals surface area contributed by atoms with E-state index < -0.39 is 12.6 Å². The number of rotatable bonds is 5. The summed E-state index contributed by atoms with van der Waals surface area (Å²) in [6.45, 7) is -0.418. The Hall–Kier alpha value is -2.65. The maximum absolute atomic E-state index is 13.3. The molecule has 0 radical (unpaired) electrons. The Labute approximate surface area is 214 Å². The van der Waals surface area contributed by atoms with Crippen LogP contribution in [0, 0.1) is 0 Å². The Bertz CT molecular complexity index is 1290. The minimum Gasteiger partial charge on any atom is -0.452 e. The van der Waals surface area contributed by atoms with E-state index in [1.54, 1.807) is 27.7 Å². The molecular weight excluding hydrogens is 513 g/mol. The van der Waals surface area contributed by atoms with Crippen LogP contribution in [0.25, 0.3) is 6.08 Å². The standard InChI is InChI=1S/C24H19Cl2N3O3S2/c25-18-11-15(12-27-23(18)26)24(31)32-13-20(30)29-22(19-7-3-9-34-19)17-6-1-4-14(21(17)28-29)10-16-5-2-8-33-16/h2-3,5,7-12,22,28H,1,4,6,13H2/b14-10+/t22-/m0/s1. The monoisotopic (exact) mass is 531 g/mol. The quantitative estimate of drug-likeness (QED) is 0.310. The molecule has 1 N–H and O–H groups in total. The van der Waals surface area contributed by atoms with Crippen molar-refractivity contribution >= 4 is 63.8 Å². The fourth-order valence-electron chi connectivity index (χ4n) is 4.14. The van der Waals surface area contributed by atoms with Gasteiger partial charge in [0.05, 0.1) is 16.3 Å². The normalized spacial score (nSPS) is 18.7. The summed E-state index contributed by atoms with van der Waals surface area (Å²) in [6, 6.07) is 9.24. The summed E-state index contributed by atoms with van der Waals surface area (Å²) in [6.07, 6.45) is 6.29. The highest BCUT2D eigenvalue weighted by molar-refractivity contribution is 7.10. The van der Waals surface area contributed by atoms with Gasteiger partial charge < -0.3 is 4.74 Å². The highest BCUT2D eigenvalue weighted by Crippen LogP contribution is 2.45. The van der Waals surface area contributed by atoms with Crippen LogP contribution >= 0.6 is 45.9 Å². The number of amides is 1. The van der Waals surface area contributed by atoms with Gasteiger partial charge in [-0.3, -0.25) is 10.2 Å². The molecule has 0 aromatic carbocycles. The molecular formula is C24H19Cl2N3O3S2. The highest BCUT2D eigenvalue weighted by Gasteiger charge is 2.40. The first-order valence-electron chi connectivity index (χ1n) is 10.6. The molecule has 1 aliphatic carbocycles. The number of hydrogen-bond donors (Lipinski definition) is 1. The second-order valence-electron chi connectivity index (χ2n) is 7.81. The zero-order chi connectivity index (χ0) is 23.7. The average molecular weight is 532 g/mol. The van der Waals surface area contributed by atoms with E-state index >= 15 is 0 Å². The molecule has 0 unspecified atom stereocenters. The Balaban J connectivity index is 1.37. The molecule has 5 rings (SSSR count). The van der Waals surface area contributed by atoms with Crippen LogP contribution in [0.15, 0.2) is 64.1 Å². The van der Waals surface area contributed by atoms with Gasteiger partial charge in [-0.05, 0) is 65.4 Å². The van der Waals surface area contributed by atoms with Crippen molar-refractivity contribution in [3.8, 4) is 0 Å². The molecule has 1 atom stereocenters. The van der Waals surface area contributed by atoms with Crippen LogP contribution in [0.1, 0.15) is 45.4 Å². The molecule has 2 aliphatic rings. The fourth-order valence-corrected chi connectivity index (χ4v) is 5.94. The molecule has 6 nitrogen and oxygen atoms in total. The number of thiophene rings is 2. The number of carbonyl (C=O) groups is 2. The lowest BCUT2D eigenvalue weighted by Crippen LogP contribution is -2.42. The van der Waals surface area contributed by atoms with Gasteiger partial charge in [-0.15, -0.1) is 22.7 Å². The van der Waals surface area contributed by atoms with E-state index in [9.17, 15) is 9.59 Å². The third-order valence-electron chi connectivity index (χ3n) is 5.65. The molecule has 0 saturated carbocycles. The highest BCUT2D eigenvalue weighted by atomic mass is 35.5. The summed E-state index contributed by atoms with van der Waals surface area (Å²) in [5, 5.41) is 5.87. The van der Waals surface area contributed by atoms with Crippen LogP contribution in [0.3, 0.4) is 0 Å². The van der Waals surface area contributed by atoms with Gasteiger partial charge >= 0.3 is 5.97 Å². The molecule has 0 bridgehead atoms. The summed E-state index contributed by atoms with van der Waals surface area (Å²) in [7, 11) is 0. The smallest absolute Gasteiger partial charge is 0.340 e. The van der Waals surface area contributed by atoms with E-state index in [1.807, 2.05) is 23.6 Å². The Morgan fingerprint density at radius 3 is 2.76 bits per heavy atom. The third-order valence-corrected chi connectivity index (χ3v) is 8.08. The van der Waals surface area contributed by atoms with E-state index in [4.69, 9.17) is 27.9 Å². The molecule has 1 aliphatic heterocycles. The van der Waals surface area contributed by atoms with Crippen molar-refractivity contribution in [1.29, 1.82) is 0 Å². The van der Waals surface area contributed by atoms with Crippen molar-refractivity contribution in [1.82, 2.24) is 15.4 Å². The fraction of sp³-hybridized carbons (Fsp3) is 0.208. The number of allylic oxidation sites excluding steroid dienone is 1. The minimum atomic E-state index is -0.692. The molecule has 0 saturated heterocycles. The van der Waals surface area contributed by atoms with E-state index in [2.05, 4.69) is 27.9 Å². The van der Waals surface area contributed by atoms with Crippen LogP contribution in [-0.2, 0) is 9.53 Å². The lowest BCUT2D eigenvalue weighted by Gasteiger charge is -2.25. The lowest BCUT2D eigenvalue weighted by molar-refractivity contribution is -0.138. The van der Waals surface area contributed by atoms with Crippen molar-refractivity contribution in [3.63, 3.8) is 0 Å². The molecule has 3 aromatic heterocycles. The maximum Gasteiger partial charge on any atom is 0.340 e. The van der Waals surface area contributed by atoms with Crippen LogP contribution in [0.5, 0.6) is 0 Å². The molecule has 10 heteroatoms. The van der Waals surface area contributed by atoms with Crippen LogP contribution in [0.4, 0.5) is 0 Å². The van der Waals surface area contributed by atoms with Gasteiger partial charge in [-0.2, -0.15) is 0 Å². The number of esters is 1. The van der Waals surface area contributed by atoms with E-state index in [-0.39, 0.29) is 27.7 Å². The maximum atomic E-state index is 13.3. The van der Waals surface area contributed by atoms with E-state index in [1.165, 1.54) is 28.3 Å². The summed E-state index contributed by atoms with van der Waals surface area (Å²) in [5.74, 6) is -1.04. The molecule has 4 heterocycles. The van der Waals surface area contributed by atoms with Gasteiger partial charge in [0.2, 0.25) is 0 Å². The molecule has 3 aromatic rings. The number of hydrazine groups is 1. The minimum absolute atomic E-state index is 0.0948. The van der Waals surface area contributed by atoms with E-state index in [0.717, 1.165) is 29.8 Å². The van der Waals surface area contributed by atoms with Crippen molar-refractivity contribution in [2.45, 2.75) is 25.3 Å². The van der Waals surface area contributed by atoms with Crippen LogP contribution < -0.4 is 5.43 Å². The van der Waals surface area contributed by atoms with Gasteiger partial charge in [-0.25, -0.2) is 14.8 Å². The van der Waals surface area contributed by atoms with Gasteiger partial charge in [0, 0.05) is 16.0 Å². The summed E-state index contributed by atoms with van der Waals surface area (Å²) < 4.78 is 5.29. The summed E-state index contributed by atoms with van der Waals surface area (Å²) in [4.78, 5) is 31.8. The van der Waals surface area contributed by atoms with E-state index in [0.29, 0.717) is 0 Å². The summed E-state index contributed by atoms with van der Waals surface area (Å²) in [5.41, 5.74) is 6.82. The molecule has 0 fully saturated rings. The first-order valence-corrected chi connectivity index (χ1v) is 13.1. The number of nitrogens with one attached hydrogen (secondary N) is 1. The number of nitrogens with zero attached hydrogens (tertiary/aromatic N) is 2. The van der Waals surface area contributed by atoms with Gasteiger partial charge in [0.1, 0.15) is 11.2 Å². The number of aromatic nitrogens is 1. The largest absolute Gasteiger partial charge is 0.452 e. The van der Waals surface area contributed by atoms with Gasteiger partial charge in [0.15, 0.2) is 6.61 Å². The number of halogens is 2. The second-order valence-corrected chi connectivity index (χ2v) is 10.5. The number of carbonyl (C=O) groups excluding carboxylic acids is 2. The number of pyridine rings is 1. The average Bonchev–Trinajstić information content (AvgIpc) is 3.60. The second kappa shape index (κ2) is 9.92. The summed E-state index contributed by atoms with van der Waals surface area (Å²) >= 11 is 15.0. The number of ether oxygens (including phenoxy) is 1. The topological polar surface area (TPSA) is 71.5 Å². The molecule has 1 amide bonds. The third kappa shape index (κ3) is 4.63. The Morgan fingerprint density at radius 1 is 1.21 bits per heavy atom. The molecule has 34 heavy (non-hydrogen) atoms. The lowest BCUT2D eigenvalue weighted by atomic mass is 9.88. The van der Waals surface area contributed by atoms with Crippen molar-refractivity contribution in [2.24, 2.45) is 0 Å². The SMILES string of the molecule is O=C(OCC(=O)N1NC2=C(CCC/C2=C\c2cccs2)[C@H]1c1cccs1)c1cnc(Cl)c(Cl)c1. The number of hydrogen-bond acceptors (Lipinski definition) is 7. The predicted octanol–water partition coefficient (Wildman–Crippen LogP) is 6.28. The first-order chi connectivity index (χ1) is 16.5. The Kier molecular flexibility index (Phi) is 6.74. The van der Waals surface area contributed by atoms with Crippen molar-refractivity contribution < 1.29 is 14.3 Å². The van der Waals surface area contributed by atoms with Crippen LogP contribution in [-0.4, -0.2) is 28.5 Å². The zero-order valence-corrected chi connectivity index (χ0v) is 20.9.